The van der Waals surface area contributed by atoms with Crippen LogP contribution in [0.3, 0.4) is 0 Å². The molecule has 5 rings (SSSR count). The van der Waals surface area contributed by atoms with Gasteiger partial charge in [-0.25, -0.2) is 8.42 Å². The molecule has 0 amide bonds. The van der Waals surface area contributed by atoms with Gasteiger partial charge in [0.1, 0.15) is 0 Å². The van der Waals surface area contributed by atoms with Crippen LogP contribution in [0.4, 0.5) is 11.4 Å². The summed E-state index contributed by atoms with van der Waals surface area (Å²) in [5.74, 6) is 0.300. The predicted octanol–water partition coefficient (Wildman–Crippen LogP) is 7.93. The minimum Gasteiger partial charge on any atom is -0.378 e. The Hall–Kier alpha value is -1.89. The molecule has 1 heterocycles. The van der Waals surface area contributed by atoms with E-state index in [9.17, 15) is 8.42 Å². The first-order valence-corrected chi connectivity index (χ1v) is 13.2. The molecule has 3 atom stereocenters. The standard InChI is InChI=1S/C24H18Cl4N2O2S/c25-14-5-8-20(27)23(11-14)30-33(31,32)15-6-9-22-18(12-15)16-2-1-3-17(16)24(29-22)13-4-7-19(26)21(28)10-13/h1-2,4-12,16-17,24,29-30H,3H2/t16-,17+,24+/m0/s1. The number of nitrogens with one attached hydrogen (secondary N) is 2. The Kier molecular flexibility index (Phi) is 6.04. The molecular weight excluding hydrogens is 522 g/mol. The lowest BCUT2D eigenvalue weighted by molar-refractivity contribution is 0.425. The number of allylic oxidation sites excluding steroid dienone is 2. The first-order chi connectivity index (χ1) is 15.7. The number of hydrogen-bond acceptors (Lipinski definition) is 3. The number of anilines is 2. The van der Waals surface area contributed by atoms with Gasteiger partial charge >= 0.3 is 0 Å². The SMILES string of the molecule is O=S(=O)(Nc1cc(Cl)ccc1Cl)c1ccc2c(c1)[C@H]1C=CC[C@H]1[C@@H](c1ccc(Cl)c(Cl)c1)N2. The fourth-order valence-electron chi connectivity index (χ4n) is 4.55. The van der Waals surface area contributed by atoms with E-state index >= 15 is 0 Å². The van der Waals surface area contributed by atoms with Crippen molar-refractivity contribution in [1.82, 2.24) is 0 Å². The van der Waals surface area contributed by atoms with Gasteiger partial charge in [-0.1, -0.05) is 64.6 Å². The summed E-state index contributed by atoms with van der Waals surface area (Å²) in [7, 11) is -3.87. The molecule has 170 valence electrons. The molecule has 2 aliphatic rings. The second-order valence-electron chi connectivity index (χ2n) is 8.13. The molecule has 0 fully saturated rings. The number of rotatable bonds is 4. The van der Waals surface area contributed by atoms with E-state index < -0.39 is 10.0 Å². The fraction of sp³-hybridized carbons (Fsp3) is 0.167. The second-order valence-corrected chi connectivity index (χ2v) is 11.5. The zero-order valence-corrected chi connectivity index (χ0v) is 20.9. The van der Waals surface area contributed by atoms with Gasteiger partial charge in [-0.3, -0.25) is 4.72 Å². The molecule has 0 spiro atoms. The molecule has 3 aromatic carbocycles. The summed E-state index contributed by atoms with van der Waals surface area (Å²) in [6, 6.07) is 15.4. The van der Waals surface area contributed by atoms with Crippen LogP contribution >= 0.6 is 46.4 Å². The second kappa shape index (κ2) is 8.71. The van der Waals surface area contributed by atoms with Crippen molar-refractivity contribution in [2.24, 2.45) is 5.92 Å². The van der Waals surface area contributed by atoms with Gasteiger partial charge in [-0.15, -0.1) is 0 Å². The van der Waals surface area contributed by atoms with Gasteiger partial charge in [-0.2, -0.15) is 0 Å². The van der Waals surface area contributed by atoms with E-state index in [4.69, 9.17) is 46.4 Å². The van der Waals surface area contributed by atoms with Crippen molar-refractivity contribution in [3.63, 3.8) is 0 Å². The zero-order chi connectivity index (χ0) is 23.3. The minimum absolute atomic E-state index is 0.0260. The molecule has 0 unspecified atom stereocenters. The number of sulfonamides is 1. The van der Waals surface area contributed by atoms with E-state index in [1.54, 1.807) is 36.4 Å². The van der Waals surface area contributed by atoms with Crippen LogP contribution in [0, 0.1) is 5.92 Å². The number of fused-ring (bicyclic) bond motifs is 3. The molecule has 1 aliphatic carbocycles. The van der Waals surface area contributed by atoms with Crippen molar-refractivity contribution in [2.75, 3.05) is 10.0 Å². The summed E-state index contributed by atoms with van der Waals surface area (Å²) in [6.45, 7) is 0. The molecule has 0 bridgehead atoms. The van der Waals surface area contributed by atoms with Crippen LogP contribution in [0.5, 0.6) is 0 Å². The third-order valence-corrected chi connectivity index (χ3v) is 8.79. The van der Waals surface area contributed by atoms with E-state index in [-0.39, 0.29) is 33.5 Å². The molecule has 2 N–H and O–H groups in total. The molecular formula is C24H18Cl4N2O2S. The third-order valence-electron chi connectivity index (χ3n) is 6.12. The van der Waals surface area contributed by atoms with Crippen molar-refractivity contribution in [3.05, 3.63) is 98.0 Å². The van der Waals surface area contributed by atoms with Crippen molar-refractivity contribution < 1.29 is 8.42 Å². The number of hydrogen-bond donors (Lipinski definition) is 2. The summed E-state index contributed by atoms with van der Waals surface area (Å²) in [4.78, 5) is 0.158. The van der Waals surface area contributed by atoms with Crippen LogP contribution in [0.25, 0.3) is 0 Å². The number of benzene rings is 3. The zero-order valence-electron chi connectivity index (χ0n) is 17.0. The normalized spacial score (nSPS) is 21.3. The highest BCUT2D eigenvalue weighted by Crippen LogP contribution is 2.50. The van der Waals surface area contributed by atoms with Gasteiger partial charge in [-0.05, 0) is 72.0 Å². The molecule has 3 aromatic rings. The van der Waals surface area contributed by atoms with Gasteiger partial charge in [0.25, 0.3) is 10.0 Å². The maximum absolute atomic E-state index is 13.1. The monoisotopic (exact) mass is 538 g/mol. The van der Waals surface area contributed by atoms with Gasteiger partial charge in [0.05, 0.1) is 31.7 Å². The topological polar surface area (TPSA) is 58.2 Å². The third kappa shape index (κ3) is 4.33. The van der Waals surface area contributed by atoms with Gasteiger partial charge < -0.3 is 5.32 Å². The van der Waals surface area contributed by atoms with Crippen molar-refractivity contribution in [2.45, 2.75) is 23.3 Å². The van der Waals surface area contributed by atoms with E-state index in [1.807, 2.05) is 12.1 Å². The summed E-state index contributed by atoms with van der Waals surface area (Å²) >= 11 is 24.5. The summed E-state index contributed by atoms with van der Waals surface area (Å²) in [5, 5.41) is 5.26. The lowest BCUT2D eigenvalue weighted by Gasteiger charge is -2.37. The largest absolute Gasteiger partial charge is 0.378 e. The Morgan fingerprint density at radius 3 is 2.45 bits per heavy atom. The van der Waals surface area contributed by atoms with Crippen LogP contribution in [0.1, 0.15) is 29.5 Å². The summed E-state index contributed by atoms with van der Waals surface area (Å²) in [5.41, 5.74) is 3.10. The van der Waals surface area contributed by atoms with Crippen LogP contribution in [-0.2, 0) is 10.0 Å². The molecule has 0 aromatic heterocycles. The van der Waals surface area contributed by atoms with Crippen LogP contribution in [-0.4, -0.2) is 8.42 Å². The summed E-state index contributed by atoms with van der Waals surface area (Å²) in [6.07, 6.45) is 5.16. The lowest BCUT2D eigenvalue weighted by atomic mass is 9.77. The first kappa shape index (κ1) is 22.9. The van der Waals surface area contributed by atoms with Crippen molar-refractivity contribution in [3.8, 4) is 0 Å². The molecule has 0 radical (unpaired) electrons. The average Bonchev–Trinajstić information content (AvgIpc) is 3.27. The smallest absolute Gasteiger partial charge is 0.261 e. The average molecular weight is 540 g/mol. The minimum atomic E-state index is -3.87. The van der Waals surface area contributed by atoms with Crippen LogP contribution in [0.15, 0.2) is 71.6 Å². The maximum Gasteiger partial charge on any atom is 0.261 e. The Bertz CT molecular complexity index is 1390. The molecule has 33 heavy (non-hydrogen) atoms. The highest BCUT2D eigenvalue weighted by atomic mass is 35.5. The van der Waals surface area contributed by atoms with Gasteiger partial charge in [0, 0.05) is 16.6 Å². The molecule has 4 nitrogen and oxygen atoms in total. The van der Waals surface area contributed by atoms with Gasteiger partial charge in [0.15, 0.2) is 0 Å². The lowest BCUT2D eigenvalue weighted by Crippen LogP contribution is -2.29. The molecule has 1 aliphatic heterocycles. The van der Waals surface area contributed by atoms with E-state index in [0.29, 0.717) is 15.1 Å². The predicted molar refractivity (Wildman–Crippen MR) is 137 cm³/mol. The summed E-state index contributed by atoms with van der Waals surface area (Å²) < 4.78 is 28.8. The molecule has 0 saturated carbocycles. The highest BCUT2D eigenvalue weighted by Gasteiger charge is 2.38. The maximum atomic E-state index is 13.1. The van der Waals surface area contributed by atoms with Crippen molar-refractivity contribution >= 4 is 67.8 Å². The van der Waals surface area contributed by atoms with Crippen molar-refractivity contribution in [1.29, 1.82) is 0 Å². The molecule has 0 saturated heterocycles. The Morgan fingerprint density at radius 1 is 0.879 bits per heavy atom. The first-order valence-electron chi connectivity index (χ1n) is 10.2. The Balaban J connectivity index is 1.50. The van der Waals surface area contributed by atoms with E-state index in [0.717, 1.165) is 23.2 Å². The van der Waals surface area contributed by atoms with E-state index in [1.165, 1.54) is 6.07 Å². The van der Waals surface area contributed by atoms with Gasteiger partial charge in [0.2, 0.25) is 0 Å². The Labute approximate surface area is 212 Å². The van der Waals surface area contributed by atoms with Crippen LogP contribution < -0.4 is 10.0 Å². The Morgan fingerprint density at radius 2 is 1.67 bits per heavy atom. The fourth-order valence-corrected chi connectivity index (χ4v) is 6.36. The van der Waals surface area contributed by atoms with Crippen LogP contribution in [0.2, 0.25) is 20.1 Å². The number of halogens is 4. The quantitative estimate of drug-likeness (QED) is 0.331. The molecule has 9 heteroatoms. The highest BCUT2D eigenvalue weighted by molar-refractivity contribution is 7.92. The van der Waals surface area contributed by atoms with E-state index in [2.05, 4.69) is 22.2 Å².